The predicted octanol–water partition coefficient (Wildman–Crippen LogP) is -1.18. The molecule has 0 aliphatic carbocycles. The number of aliphatic carboxylic acids is 3. The Morgan fingerprint density at radius 2 is 1.24 bits per heavy atom. The molecule has 11 N–H and O–H groups in total. The minimum Gasteiger partial charge on any atom is -0.481 e. The Bertz CT molecular complexity index is 2270. The minimum atomic E-state index is -3.93. The van der Waals surface area contributed by atoms with Crippen molar-refractivity contribution in [1.29, 1.82) is 0 Å². The van der Waals surface area contributed by atoms with E-state index in [2.05, 4.69) is 41.9 Å². The average molecular weight is 1100 g/mol. The van der Waals surface area contributed by atoms with Gasteiger partial charge in [-0.2, -0.15) is 5.21 Å². The number of anilines is 1. The van der Waals surface area contributed by atoms with Gasteiger partial charge in [0.1, 0.15) is 31.1 Å². The Hall–Kier alpha value is -7.02. The highest BCUT2D eigenvalue weighted by atomic mass is 32.2. The molecular formula is C46H70N10O19S. The molecule has 1 aromatic heterocycles. The van der Waals surface area contributed by atoms with Crippen LogP contribution in [0.4, 0.5) is 5.69 Å². The summed E-state index contributed by atoms with van der Waals surface area (Å²) < 4.78 is 47.4. The van der Waals surface area contributed by atoms with Gasteiger partial charge in [-0.15, -0.1) is 10.2 Å². The number of carboxylic acids is 3. The molecule has 0 fully saturated rings. The lowest BCUT2D eigenvalue weighted by atomic mass is 9.97. The van der Waals surface area contributed by atoms with Gasteiger partial charge in [0.05, 0.1) is 44.7 Å². The van der Waals surface area contributed by atoms with Gasteiger partial charge in [0, 0.05) is 75.9 Å². The molecule has 3 unspecified atom stereocenters. The number of hydrogen-bond donors (Lipinski definition) is 10. The van der Waals surface area contributed by atoms with Crippen molar-refractivity contribution in [3.05, 3.63) is 35.7 Å². The molecule has 0 aliphatic rings. The number of aromatic nitrogens is 4. The number of aromatic amines is 1. The number of nitrogens with two attached hydrogens (primary N) is 1. The number of benzene rings is 1. The molecule has 0 saturated heterocycles. The van der Waals surface area contributed by atoms with Crippen molar-refractivity contribution in [1.82, 2.24) is 46.6 Å². The molecule has 5 amide bonds. The number of hydrogen-bond acceptors (Lipinski definition) is 20. The van der Waals surface area contributed by atoms with Crippen molar-refractivity contribution < 1.29 is 90.6 Å². The third kappa shape index (κ3) is 31.7. The summed E-state index contributed by atoms with van der Waals surface area (Å²) >= 11 is 0. The molecular weight excluding hydrogens is 1030 g/mol. The van der Waals surface area contributed by atoms with Crippen LogP contribution in [0.15, 0.2) is 24.3 Å². The number of ketones is 2. The van der Waals surface area contributed by atoms with Gasteiger partial charge in [0.25, 0.3) is 5.91 Å². The van der Waals surface area contributed by atoms with Gasteiger partial charge >= 0.3 is 17.9 Å². The van der Waals surface area contributed by atoms with Crippen LogP contribution < -0.4 is 31.7 Å². The van der Waals surface area contributed by atoms with E-state index >= 15 is 0 Å². The van der Waals surface area contributed by atoms with E-state index in [0.717, 1.165) is 0 Å². The van der Waals surface area contributed by atoms with Crippen LogP contribution >= 0.6 is 0 Å². The van der Waals surface area contributed by atoms with Crippen molar-refractivity contribution >= 4 is 74.7 Å². The number of nitrogens with one attached hydrogen (secondary N) is 6. The minimum absolute atomic E-state index is 0.00215. The molecule has 1 aromatic carbocycles. The van der Waals surface area contributed by atoms with Crippen LogP contribution in [0.5, 0.6) is 0 Å². The normalized spacial score (nSPS) is 12.4. The first-order valence-corrected chi connectivity index (χ1v) is 26.2. The van der Waals surface area contributed by atoms with Gasteiger partial charge in [-0.05, 0) is 75.6 Å². The number of aryl methyl sites for hydroxylation is 1. The lowest BCUT2D eigenvalue weighted by molar-refractivity contribution is -0.145. The van der Waals surface area contributed by atoms with Crippen molar-refractivity contribution in [2.24, 2.45) is 5.92 Å². The van der Waals surface area contributed by atoms with Crippen LogP contribution in [0.1, 0.15) is 106 Å². The Morgan fingerprint density at radius 1 is 0.592 bits per heavy atom. The van der Waals surface area contributed by atoms with Crippen LogP contribution in [0.25, 0.3) is 0 Å². The molecule has 0 radical (unpaired) electrons. The first kappa shape index (κ1) is 65.1. The third-order valence-corrected chi connectivity index (χ3v) is 12.1. The largest absolute Gasteiger partial charge is 0.481 e. The van der Waals surface area contributed by atoms with Crippen molar-refractivity contribution in [3.8, 4) is 0 Å². The summed E-state index contributed by atoms with van der Waals surface area (Å²) in [6.45, 7) is -0.232. The van der Waals surface area contributed by atoms with Crippen LogP contribution in [-0.4, -0.2) is 187 Å². The second kappa shape index (κ2) is 37.7. The quantitative estimate of drug-likeness (QED) is 0.0276. The molecule has 2 rings (SSSR count). The number of carbonyl (C=O) groups is 10. The SMILES string of the molecule is Nc1ccc(C(=O)NCCCCC(NC(=O)COCCOCCCC(=O)CCC(NC(=O)CCC(CC(=O)COCCOCCNC(=O)CCCS(=O)(=O)NC(=O)CCCc2nn[nH]n2)C(=O)O)C(=O)O)C(=O)O)cc1. The van der Waals surface area contributed by atoms with Crippen LogP contribution in [0, 0.1) is 5.92 Å². The van der Waals surface area contributed by atoms with E-state index in [1.165, 1.54) is 0 Å². The molecule has 1 heterocycles. The molecule has 3 atom stereocenters. The zero-order valence-corrected chi connectivity index (χ0v) is 42.9. The van der Waals surface area contributed by atoms with E-state index in [-0.39, 0.29) is 116 Å². The number of ether oxygens (including phenoxy) is 4. The third-order valence-electron chi connectivity index (χ3n) is 10.7. The molecule has 0 saturated carbocycles. The molecule has 0 aliphatic heterocycles. The average Bonchev–Trinajstić information content (AvgIpc) is 3.88. The monoisotopic (exact) mass is 1100 g/mol. The standard InChI is InChI=1S/C46H70N10O19S/c47-33-14-11-31(12-15-33)43(63)49-19-2-1-7-36(45(66)67)51-42(62)30-75-26-23-72-21-4-6-34(57)16-17-37(46(68)69)50-40(60)18-13-32(44(64)65)28-35(58)29-74-25-24-73-22-20-48-39(59)10-5-27-76(70,71)54-41(61)9-3-8-38-52-55-56-53-38/h11-12,14-15,32,36-37H,1-10,13,16-30,47H2,(H,48,59)(H,49,63)(H,50,60)(H,51,62)(H,54,61)(H,64,65)(H,66,67)(H,68,69)(H,52,53,55,56). The first-order chi connectivity index (χ1) is 36.2. The van der Waals surface area contributed by atoms with Crippen molar-refractivity contribution in [2.45, 2.75) is 108 Å². The summed E-state index contributed by atoms with van der Waals surface area (Å²) in [6, 6.07) is 3.80. The molecule has 29 nitrogen and oxygen atoms in total. The summed E-state index contributed by atoms with van der Waals surface area (Å²) in [5.41, 5.74) is 6.58. The number of sulfonamides is 1. The highest BCUT2D eigenvalue weighted by Crippen LogP contribution is 2.14. The molecule has 2 aromatic rings. The summed E-state index contributed by atoms with van der Waals surface area (Å²) in [4.78, 5) is 121. The Balaban J connectivity index is 1.49. The van der Waals surface area contributed by atoms with Crippen LogP contribution in [0.3, 0.4) is 0 Å². The lowest BCUT2D eigenvalue weighted by Crippen LogP contribution is -2.42. The summed E-state index contributed by atoms with van der Waals surface area (Å²) in [5, 5.41) is 51.8. The first-order valence-electron chi connectivity index (χ1n) is 24.5. The maximum atomic E-state index is 12.6. The van der Waals surface area contributed by atoms with Gasteiger partial charge in [-0.1, -0.05) is 5.21 Å². The fourth-order valence-electron chi connectivity index (χ4n) is 6.72. The number of H-pyrrole nitrogens is 1. The number of carboxylic acid groups (broad SMARTS) is 3. The molecule has 0 spiro atoms. The highest BCUT2D eigenvalue weighted by molar-refractivity contribution is 7.90. The second-order valence-corrected chi connectivity index (χ2v) is 18.9. The zero-order chi connectivity index (χ0) is 56.1. The number of amides is 5. The smallest absolute Gasteiger partial charge is 0.326 e. The summed E-state index contributed by atoms with van der Waals surface area (Å²) in [6.07, 6.45) is 0.183. The fraction of sp³-hybridized carbons (Fsp3) is 0.630. The van der Waals surface area contributed by atoms with Gasteiger partial charge < -0.3 is 61.3 Å². The summed E-state index contributed by atoms with van der Waals surface area (Å²) in [7, 11) is -3.93. The number of Topliss-reactive ketones (excluding diaryl/α,β-unsaturated/α-hetero) is 2. The van der Waals surface area contributed by atoms with Gasteiger partial charge in [0.2, 0.25) is 33.7 Å². The fourth-order valence-corrected chi connectivity index (χ4v) is 7.79. The number of nitrogen functional groups attached to an aromatic ring is 1. The zero-order valence-electron chi connectivity index (χ0n) is 42.1. The number of rotatable bonds is 45. The molecule has 424 valence electrons. The van der Waals surface area contributed by atoms with Crippen molar-refractivity contribution in [3.63, 3.8) is 0 Å². The lowest BCUT2D eigenvalue weighted by Gasteiger charge is -2.16. The van der Waals surface area contributed by atoms with Gasteiger partial charge in [0.15, 0.2) is 11.6 Å². The Kier molecular flexibility index (Phi) is 32.3. The number of unbranched alkanes of at least 4 members (excludes halogenated alkanes) is 1. The topological polar surface area (TPSA) is 443 Å². The number of carbonyl (C=O) groups excluding carboxylic acids is 7. The van der Waals surface area contributed by atoms with E-state index in [4.69, 9.17) is 24.7 Å². The Morgan fingerprint density at radius 3 is 1.91 bits per heavy atom. The maximum absolute atomic E-state index is 12.6. The van der Waals surface area contributed by atoms with E-state index in [9.17, 15) is 71.7 Å². The van der Waals surface area contributed by atoms with Crippen molar-refractivity contribution in [2.75, 3.05) is 77.4 Å². The Labute approximate surface area is 438 Å². The molecule has 0 bridgehead atoms. The summed E-state index contributed by atoms with van der Waals surface area (Å²) in [5.74, 6) is -9.02. The van der Waals surface area contributed by atoms with E-state index in [1.807, 2.05) is 4.72 Å². The number of tetrazole rings is 1. The predicted molar refractivity (Wildman–Crippen MR) is 264 cm³/mol. The van der Waals surface area contributed by atoms with E-state index in [1.54, 1.807) is 24.3 Å². The number of nitrogens with zero attached hydrogens (tertiary/aromatic N) is 3. The second-order valence-electron chi connectivity index (χ2n) is 17.1. The van der Waals surface area contributed by atoms with Gasteiger partial charge in [-0.25, -0.2) is 18.0 Å². The van der Waals surface area contributed by atoms with Crippen LogP contribution in [-0.2, 0) is 78.5 Å². The maximum Gasteiger partial charge on any atom is 0.326 e. The molecule has 76 heavy (non-hydrogen) atoms. The highest BCUT2D eigenvalue weighted by Gasteiger charge is 2.26. The van der Waals surface area contributed by atoms with Crippen LogP contribution in [0.2, 0.25) is 0 Å². The van der Waals surface area contributed by atoms with Gasteiger partial charge in [-0.3, -0.25) is 43.1 Å². The van der Waals surface area contributed by atoms with E-state index in [0.29, 0.717) is 49.3 Å². The van der Waals surface area contributed by atoms with E-state index < -0.39 is 107 Å². The molecule has 30 heteroatoms.